The zero-order valence-corrected chi connectivity index (χ0v) is 9.20. The van der Waals surface area contributed by atoms with Gasteiger partial charge >= 0.3 is 0 Å². The fraction of sp³-hybridized carbons (Fsp3) is 1.00. The lowest BCUT2D eigenvalue weighted by Crippen LogP contribution is -2.08. The van der Waals surface area contributed by atoms with E-state index in [1.165, 1.54) is 19.3 Å². The first-order chi connectivity index (χ1) is 5.06. The summed E-state index contributed by atoms with van der Waals surface area (Å²) in [5.41, 5.74) is 0. The average molecular weight is 174 g/mol. The van der Waals surface area contributed by atoms with Gasteiger partial charge in [0.25, 0.3) is 0 Å². The van der Waals surface area contributed by atoms with Gasteiger partial charge in [0.2, 0.25) is 0 Å². The van der Waals surface area contributed by atoms with E-state index in [0.29, 0.717) is 5.25 Å². The molecule has 11 heavy (non-hydrogen) atoms. The van der Waals surface area contributed by atoms with Gasteiger partial charge in [0, 0.05) is 0 Å². The van der Waals surface area contributed by atoms with Crippen LogP contribution in [0.5, 0.6) is 0 Å². The minimum absolute atomic E-state index is 0.568. The molecule has 0 heterocycles. The van der Waals surface area contributed by atoms with E-state index >= 15 is 0 Å². The van der Waals surface area contributed by atoms with E-state index in [1.54, 1.807) is 0 Å². The van der Waals surface area contributed by atoms with Crippen molar-refractivity contribution in [3.8, 4) is 0 Å². The molecular weight excluding hydrogens is 152 g/mol. The Balaban J connectivity index is 3.58. The van der Waals surface area contributed by atoms with Crippen LogP contribution in [-0.4, -0.2) is 5.25 Å². The Kier molecular flexibility index (Phi) is 6.12. The summed E-state index contributed by atoms with van der Waals surface area (Å²) in [6.45, 7) is 9.06. The van der Waals surface area contributed by atoms with E-state index in [4.69, 9.17) is 0 Å². The monoisotopic (exact) mass is 174 g/mol. The molecule has 0 aliphatic rings. The van der Waals surface area contributed by atoms with Crippen LogP contribution in [0.15, 0.2) is 0 Å². The Morgan fingerprint density at radius 3 is 1.91 bits per heavy atom. The minimum Gasteiger partial charge on any atom is -0.176 e. The molecule has 0 fully saturated rings. The number of hydrogen-bond donors (Lipinski definition) is 1. The third-order valence-electron chi connectivity index (χ3n) is 2.06. The summed E-state index contributed by atoms with van der Waals surface area (Å²) in [5.74, 6) is 1.73. The van der Waals surface area contributed by atoms with Gasteiger partial charge in [-0.25, -0.2) is 0 Å². The Hall–Kier alpha value is 0.350. The number of thiol groups is 1. The summed E-state index contributed by atoms with van der Waals surface area (Å²) in [6.07, 6.45) is 3.95. The molecule has 0 rings (SSSR count). The summed E-state index contributed by atoms with van der Waals surface area (Å²) in [4.78, 5) is 0. The van der Waals surface area contributed by atoms with Gasteiger partial charge in [-0.2, -0.15) is 12.6 Å². The molecule has 0 aromatic rings. The molecule has 0 aliphatic carbocycles. The first-order valence-corrected chi connectivity index (χ1v) is 5.25. The Labute approximate surface area is 77.2 Å². The van der Waals surface area contributed by atoms with Crippen molar-refractivity contribution in [1.29, 1.82) is 0 Å². The molecule has 0 saturated carbocycles. The molecular formula is C10H22S. The summed E-state index contributed by atoms with van der Waals surface area (Å²) in [6, 6.07) is 0. The molecule has 0 spiro atoms. The second-order valence-corrected chi connectivity index (χ2v) is 4.87. The molecule has 0 saturated heterocycles. The summed E-state index contributed by atoms with van der Waals surface area (Å²) in [7, 11) is 0. The zero-order valence-electron chi connectivity index (χ0n) is 8.30. The zero-order chi connectivity index (χ0) is 8.85. The summed E-state index contributed by atoms with van der Waals surface area (Å²) in [5, 5.41) is 0.568. The number of rotatable bonds is 5. The van der Waals surface area contributed by atoms with Crippen LogP contribution in [0, 0.1) is 11.8 Å². The molecule has 0 bridgehead atoms. The summed E-state index contributed by atoms with van der Waals surface area (Å²) >= 11 is 4.41. The van der Waals surface area contributed by atoms with Crippen LogP contribution in [0.1, 0.15) is 47.0 Å². The van der Waals surface area contributed by atoms with Gasteiger partial charge in [0.1, 0.15) is 0 Å². The molecule has 0 aromatic carbocycles. The second-order valence-electron chi connectivity index (χ2n) is 3.99. The highest BCUT2D eigenvalue weighted by Gasteiger charge is 2.10. The van der Waals surface area contributed by atoms with Crippen molar-refractivity contribution in [2.45, 2.75) is 52.2 Å². The minimum atomic E-state index is 0.568. The van der Waals surface area contributed by atoms with E-state index < -0.39 is 0 Å². The highest BCUT2D eigenvalue weighted by atomic mass is 32.1. The van der Waals surface area contributed by atoms with E-state index in [1.807, 2.05) is 0 Å². The van der Waals surface area contributed by atoms with Gasteiger partial charge in [-0.3, -0.25) is 0 Å². The molecule has 2 atom stereocenters. The molecule has 0 nitrogen and oxygen atoms in total. The van der Waals surface area contributed by atoms with Gasteiger partial charge in [-0.1, -0.05) is 34.1 Å². The third kappa shape index (κ3) is 6.74. The van der Waals surface area contributed by atoms with Crippen LogP contribution >= 0.6 is 12.6 Å². The van der Waals surface area contributed by atoms with E-state index in [-0.39, 0.29) is 0 Å². The lowest BCUT2D eigenvalue weighted by Gasteiger charge is -2.18. The summed E-state index contributed by atoms with van der Waals surface area (Å²) < 4.78 is 0. The Morgan fingerprint density at radius 1 is 1.09 bits per heavy atom. The molecule has 0 aliphatic heterocycles. The quantitative estimate of drug-likeness (QED) is 0.603. The van der Waals surface area contributed by atoms with Gasteiger partial charge in [0.15, 0.2) is 0 Å². The first kappa shape index (κ1) is 11.4. The molecule has 1 heteroatoms. The Morgan fingerprint density at radius 2 is 1.64 bits per heavy atom. The van der Waals surface area contributed by atoms with Crippen LogP contribution < -0.4 is 0 Å². The van der Waals surface area contributed by atoms with Crippen molar-refractivity contribution in [2.75, 3.05) is 0 Å². The maximum Gasteiger partial charge on any atom is -0.000895 e. The highest BCUT2D eigenvalue weighted by Crippen LogP contribution is 2.21. The van der Waals surface area contributed by atoms with E-state index in [9.17, 15) is 0 Å². The molecule has 2 unspecified atom stereocenters. The van der Waals surface area contributed by atoms with Crippen molar-refractivity contribution in [3.05, 3.63) is 0 Å². The maximum absolute atomic E-state index is 4.41. The van der Waals surface area contributed by atoms with Crippen molar-refractivity contribution >= 4 is 12.6 Å². The maximum atomic E-state index is 4.41. The van der Waals surface area contributed by atoms with Crippen LogP contribution in [0.25, 0.3) is 0 Å². The van der Waals surface area contributed by atoms with Crippen LogP contribution in [0.3, 0.4) is 0 Å². The highest BCUT2D eigenvalue weighted by molar-refractivity contribution is 7.80. The predicted molar refractivity (Wildman–Crippen MR) is 56.3 cm³/mol. The standard InChI is InChI=1S/C10H22S/c1-5-10(6-8(2)3)7-9(4)11/h8-11H,5-7H2,1-4H3. The van der Waals surface area contributed by atoms with Crippen molar-refractivity contribution < 1.29 is 0 Å². The molecule has 0 amide bonds. The lowest BCUT2D eigenvalue weighted by molar-refractivity contribution is 0.377. The van der Waals surface area contributed by atoms with Gasteiger partial charge < -0.3 is 0 Å². The third-order valence-corrected chi connectivity index (χ3v) is 2.27. The SMILES string of the molecule is CCC(CC(C)C)CC(C)S. The smallest absolute Gasteiger partial charge is 0.000895 e. The largest absolute Gasteiger partial charge is 0.176 e. The average Bonchev–Trinajstić information content (AvgIpc) is 1.84. The van der Waals surface area contributed by atoms with Gasteiger partial charge in [-0.05, 0) is 29.9 Å². The van der Waals surface area contributed by atoms with Crippen molar-refractivity contribution in [2.24, 2.45) is 11.8 Å². The molecule has 0 aromatic heterocycles. The number of hydrogen-bond acceptors (Lipinski definition) is 1. The second kappa shape index (κ2) is 5.93. The van der Waals surface area contributed by atoms with E-state index in [2.05, 4.69) is 40.3 Å². The van der Waals surface area contributed by atoms with Crippen LogP contribution in [0.4, 0.5) is 0 Å². The molecule has 0 radical (unpaired) electrons. The fourth-order valence-electron chi connectivity index (χ4n) is 1.58. The lowest BCUT2D eigenvalue weighted by atomic mass is 9.91. The van der Waals surface area contributed by atoms with Crippen LogP contribution in [-0.2, 0) is 0 Å². The topological polar surface area (TPSA) is 0 Å². The van der Waals surface area contributed by atoms with Crippen molar-refractivity contribution in [1.82, 2.24) is 0 Å². The molecule has 68 valence electrons. The van der Waals surface area contributed by atoms with Crippen molar-refractivity contribution in [3.63, 3.8) is 0 Å². The van der Waals surface area contributed by atoms with Gasteiger partial charge in [0.05, 0.1) is 0 Å². The Bertz CT molecular complexity index is 76.9. The molecule has 0 N–H and O–H groups in total. The first-order valence-electron chi connectivity index (χ1n) is 4.74. The van der Waals surface area contributed by atoms with Gasteiger partial charge in [-0.15, -0.1) is 0 Å². The fourth-order valence-corrected chi connectivity index (χ4v) is 1.88. The van der Waals surface area contributed by atoms with E-state index in [0.717, 1.165) is 11.8 Å². The normalized spacial score (nSPS) is 16.9. The predicted octanol–water partition coefficient (Wildman–Crippen LogP) is 3.77. The van der Waals surface area contributed by atoms with Crippen LogP contribution in [0.2, 0.25) is 0 Å².